The van der Waals surface area contributed by atoms with E-state index in [9.17, 15) is 0 Å². The molecule has 0 saturated carbocycles. The zero-order valence-electron chi connectivity index (χ0n) is 26.7. The molecule has 0 atom stereocenters. The molecule has 4 aromatic heterocycles. The average Bonchev–Trinajstić information content (AvgIpc) is 3.75. The third kappa shape index (κ3) is 5.07. The zero-order valence-corrected chi connectivity index (χ0v) is 28.4. The van der Waals surface area contributed by atoms with E-state index in [-0.39, 0.29) is 0 Å². The summed E-state index contributed by atoms with van der Waals surface area (Å²) in [6.45, 7) is 0. The summed E-state index contributed by atoms with van der Waals surface area (Å²) in [6, 6.07) is 54.1. The van der Waals surface area contributed by atoms with Gasteiger partial charge in [-0.3, -0.25) is 4.98 Å². The van der Waals surface area contributed by atoms with Crippen molar-refractivity contribution in [3.63, 3.8) is 0 Å². The Morgan fingerprint density at radius 2 is 0.920 bits per heavy atom. The van der Waals surface area contributed by atoms with Gasteiger partial charge >= 0.3 is 0 Å². The second-order valence-corrected chi connectivity index (χ2v) is 14.6. The van der Waals surface area contributed by atoms with Crippen LogP contribution in [0.15, 0.2) is 164 Å². The van der Waals surface area contributed by atoms with Crippen LogP contribution in [-0.2, 0) is 0 Å². The quantitative estimate of drug-likeness (QED) is 0.182. The lowest BCUT2D eigenvalue weighted by molar-refractivity contribution is 1.18. The first-order valence-corrected chi connectivity index (χ1v) is 18.2. The first-order valence-electron chi connectivity index (χ1n) is 16.6. The van der Waals surface area contributed by atoms with E-state index < -0.39 is 0 Å². The monoisotopic (exact) mass is 673 g/mol. The predicted octanol–water partition coefficient (Wildman–Crippen LogP) is 12.9. The van der Waals surface area contributed by atoms with Crippen LogP contribution in [0.3, 0.4) is 0 Å². The third-order valence-corrected chi connectivity index (χ3v) is 11.7. The molecule has 0 amide bonds. The molecule has 0 aliphatic heterocycles. The predicted molar refractivity (Wildman–Crippen MR) is 213 cm³/mol. The van der Waals surface area contributed by atoms with Crippen molar-refractivity contribution in [2.24, 2.45) is 0 Å². The van der Waals surface area contributed by atoms with Gasteiger partial charge in [0.25, 0.3) is 0 Å². The molecule has 50 heavy (non-hydrogen) atoms. The number of rotatable bonds is 5. The van der Waals surface area contributed by atoms with Crippen LogP contribution in [0.5, 0.6) is 0 Å². The standard InChI is InChI=1S/C45H27N3S2/c1-2-7-30(8-3-1)45-47-39(29-14-12-28(13-15-29)34-9-6-22-46-27-34)26-40(48-45)33-16-19-36-38-24-32(18-21-43(38)50-44(36)25-33)31-17-20-42-37(23-31)35-10-4-5-11-41(35)49-42/h1-27H. The Morgan fingerprint density at radius 3 is 1.66 bits per heavy atom. The molecule has 0 bridgehead atoms. The molecule has 0 radical (unpaired) electrons. The Kier molecular flexibility index (Phi) is 6.86. The van der Waals surface area contributed by atoms with E-state index in [4.69, 9.17) is 9.97 Å². The Balaban J connectivity index is 1.05. The van der Waals surface area contributed by atoms with Gasteiger partial charge in [-0.05, 0) is 70.8 Å². The fourth-order valence-electron chi connectivity index (χ4n) is 6.85. The Hall–Kier alpha value is -6.01. The van der Waals surface area contributed by atoms with Crippen molar-refractivity contribution in [1.82, 2.24) is 15.0 Å². The molecular weight excluding hydrogens is 647 g/mol. The number of benzene rings is 6. The van der Waals surface area contributed by atoms with Crippen LogP contribution < -0.4 is 0 Å². The summed E-state index contributed by atoms with van der Waals surface area (Å²) in [4.78, 5) is 14.4. The molecular formula is C45H27N3S2. The average molecular weight is 674 g/mol. The van der Waals surface area contributed by atoms with E-state index in [2.05, 4.69) is 132 Å². The number of fused-ring (bicyclic) bond motifs is 6. The molecule has 234 valence electrons. The summed E-state index contributed by atoms with van der Waals surface area (Å²) in [6.07, 6.45) is 3.69. The topological polar surface area (TPSA) is 38.7 Å². The molecule has 10 rings (SSSR count). The third-order valence-electron chi connectivity index (χ3n) is 9.41. The number of aromatic nitrogens is 3. The van der Waals surface area contributed by atoms with E-state index in [0.717, 1.165) is 39.2 Å². The van der Waals surface area contributed by atoms with E-state index >= 15 is 0 Å². The van der Waals surface area contributed by atoms with Crippen LogP contribution in [-0.4, -0.2) is 15.0 Å². The van der Waals surface area contributed by atoms with Crippen LogP contribution in [0.25, 0.3) is 96.5 Å². The van der Waals surface area contributed by atoms with Gasteiger partial charge in [0.1, 0.15) is 0 Å². The molecule has 0 fully saturated rings. The van der Waals surface area contributed by atoms with Crippen molar-refractivity contribution in [1.29, 1.82) is 0 Å². The van der Waals surface area contributed by atoms with Gasteiger partial charge in [-0.25, -0.2) is 9.97 Å². The molecule has 0 spiro atoms. The van der Waals surface area contributed by atoms with Gasteiger partial charge in [-0.2, -0.15) is 0 Å². The maximum Gasteiger partial charge on any atom is 0.160 e. The van der Waals surface area contributed by atoms with Gasteiger partial charge in [0.05, 0.1) is 11.4 Å². The summed E-state index contributed by atoms with van der Waals surface area (Å²) < 4.78 is 5.19. The van der Waals surface area contributed by atoms with Crippen LogP contribution in [0, 0.1) is 0 Å². The van der Waals surface area contributed by atoms with Gasteiger partial charge in [-0.1, -0.05) is 103 Å². The SMILES string of the molecule is c1ccc(-c2nc(-c3ccc(-c4cccnc4)cc3)cc(-c3ccc4c(c3)sc3ccc(-c5ccc6sc7ccccc7c6c5)cc34)n2)cc1. The van der Waals surface area contributed by atoms with Crippen molar-refractivity contribution in [3.05, 3.63) is 164 Å². The van der Waals surface area contributed by atoms with Gasteiger partial charge in [0.2, 0.25) is 0 Å². The number of hydrogen-bond acceptors (Lipinski definition) is 5. The van der Waals surface area contributed by atoms with Crippen LogP contribution in [0.2, 0.25) is 0 Å². The smallest absolute Gasteiger partial charge is 0.160 e. The molecule has 3 nitrogen and oxygen atoms in total. The van der Waals surface area contributed by atoms with Crippen molar-refractivity contribution in [2.75, 3.05) is 0 Å². The lowest BCUT2D eigenvalue weighted by atomic mass is 10.00. The summed E-state index contributed by atoms with van der Waals surface area (Å²) >= 11 is 3.69. The molecule has 0 N–H and O–H groups in total. The van der Waals surface area contributed by atoms with Crippen LogP contribution >= 0.6 is 22.7 Å². The Morgan fingerprint density at radius 1 is 0.340 bits per heavy atom. The number of pyridine rings is 1. The van der Waals surface area contributed by atoms with Crippen molar-refractivity contribution in [3.8, 4) is 56.2 Å². The largest absolute Gasteiger partial charge is 0.264 e. The first-order chi connectivity index (χ1) is 24.7. The minimum absolute atomic E-state index is 0.714. The van der Waals surface area contributed by atoms with Gasteiger partial charge in [-0.15, -0.1) is 22.7 Å². The normalized spacial score (nSPS) is 11.6. The van der Waals surface area contributed by atoms with E-state index in [1.807, 2.05) is 53.1 Å². The van der Waals surface area contributed by atoms with Crippen molar-refractivity contribution >= 4 is 63.0 Å². The second kappa shape index (κ2) is 11.8. The van der Waals surface area contributed by atoms with Crippen LogP contribution in [0.4, 0.5) is 0 Å². The number of hydrogen-bond donors (Lipinski definition) is 0. The minimum Gasteiger partial charge on any atom is -0.264 e. The fourth-order valence-corrected chi connectivity index (χ4v) is 9.06. The van der Waals surface area contributed by atoms with Crippen molar-refractivity contribution in [2.45, 2.75) is 0 Å². The lowest BCUT2D eigenvalue weighted by Gasteiger charge is -2.10. The minimum atomic E-state index is 0.714. The maximum absolute atomic E-state index is 5.11. The van der Waals surface area contributed by atoms with Gasteiger partial charge in [0.15, 0.2) is 5.82 Å². The maximum atomic E-state index is 5.11. The molecule has 0 aliphatic rings. The van der Waals surface area contributed by atoms with Gasteiger partial charge in [0, 0.05) is 69.4 Å². The van der Waals surface area contributed by atoms with E-state index in [1.54, 1.807) is 6.20 Å². The Labute approximate surface area is 296 Å². The highest BCUT2D eigenvalue weighted by Gasteiger charge is 2.14. The first kappa shape index (κ1) is 29.0. The highest BCUT2D eigenvalue weighted by Crippen LogP contribution is 2.41. The number of thiophene rings is 2. The molecule has 0 unspecified atom stereocenters. The summed E-state index contributed by atoms with van der Waals surface area (Å²) in [7, 11) is 0. The summed E-state index contributed by atoms with van der Waals surface area (Å²) in [5.41, 5.74) is 9.60. The highest BCUT2D eigenvalue weighted by molar-refractivity contribution is 7.26. The molecule has 5 heteroatoms. The molecule has 4 heterocycles. The van der Waals surface area contributed by atoms with E-state index in [0.29, 0.717) is 5.82 Å². The van der Waals surface area contributed by atoms with Crippen molar-refractivity contribution < 1.29 is 0 Å². The highest BCUT2D eigenvalue weighted by atomic mass is 32.1. The lowest BCUT2D eigenvalue weighted by Crippen LogP contribution is -1.95. The van der Waals surface area contributed by atoms with Gasteiger partial charge < -0.3 is 0 Å². The summed E-state index contributed by atoms with van der Waals surface area (Å²) in [5.74, 6) is 0.714. The molecule has 0 aliphatic carbocycles. The zero-order chi connectivity index (χ0) is 33.0. The summed E-state index contributed by atoms with van der Waals surface area (Å²) in [5, 5.41) is 5.20. The second-order valence-electron chi connectivity index (χ2n) is 12.5. The van der Waals surface area contributed by atoms with Crippen LogP contribution in [0.1, 0.15) is 0 Å². The number of nitrogens with zero attached hydrogens (tertiary/aromatic N) is 3. The molecule has 6 aromatic carbocycles. The Bertz CT molecular complexity index is 2850. The fraction of sp³-hybridized carbons (Fsp3) is 0. The molecule has 0 saturated heterocycles. The molecule has 10 aromatic rings. The van der Waals surface area contributed by atoms with E-state index in [1.165, 1.54) is 51.5 Å².